The van der Waals surface area contributed by atoms with Gasteiger partial charge in [0.25, 0.3) is 5.56 Å². The summed E-state index contributed by atoms with van der Waals surface area (Å²) < 4.78 is 1.23. The molecule has 0 aliphatic carbocycles. The van der Waals surface area contributed by atoms with E-state index in [0.29, 0.717) is 21.4 Å². The second kappa shape index (κ2) is 4.77. The Kier molecular flexibility index (Phi) is 3.36. The van der Waals surface area contributed by atoms with Crippen molar-refractivity contribution in [1.29, 1.82) is 0 Å². The van der Waals surface area contributed by atoms with Crippen LogP contribution in [-0.4, -0.2) is 16.8 Å². The summed E-state index contributed by atoms with van der Waals surface area (Å²) in [5, 5.41) is 7.78. The number of halogens is 2. The van der Waals surface area contributed by atoms with Gasteiger partial charge in [0.15, 0.2) is 0 Å². The molecule has 0 atom stereocenters. The molecule has 0 aliphatic heterocycles. The van der Waals surface area contributed by atoms with E-state index in [0.717, 1.165) is 0 Å². The van der Waals surface area contributed by atoms with Crippen LogP contribution in [0.4, 0.5) is 5.69 Å². The van der Waals surface area contributed by atoms with E-state index in [1.54, 1.807) is 31.4 Å². The molecule has 88 valence electrons. The molecule has 1 aromatic carbocycles. The quantitative estimate of drug-likeness (QED) is 0.912. The van der Waals surface area contributed by atoms with Gasteiger partial charge in [0, 0.05) is 23.2 Å². The first-order chi connectivity index (χ1) is 8.10. The highest BCUT2D eigenvalue weighted by Gasteiger charge is 2.04. The van der Waals surface area contributed by atoms with Gasteiger partial charge in [-0.15, -0.1) is 0 Å². The summed E-state index contributed by atoms with van der Waals surface area (Å²) >= 11 is 11.7. The van der Waals surface area contributed by atoms with Crippen LogP contribution in [-0.2, 0) is 0 Å². The molecule has 6 heteroatoms. The van der Waals surface area contributed by atoms with Gasteiger partial charge in [0.2, 0.25) is 0 Å². The van der Waals surface area contributed by atoms with E-state index in [1.807, 2.05) is 0 Å². The first kappa shape index (κ1) is 12.0. The van der Waals surface area contributed by atoms with Gasteiger partial charge in [0.1, 0.15) is 0 Å². The fourth-order valence-electron chi connectivity index (χ4n) is 1.40. The van der Waals surface area contributed by atoms with Crippen LogP contribution >= 0.6 is 23.2 Å². The van der Waals surface area contributed by atoms with Gasteiger partial charge in [0.05, 0.1) is 17.6 Å². The molecule has 17 heavy (non-hydrogen) atoms. The summed E-state index contributed by atoms with van der Waals surface area (Å²) in [6.07, 6.45) is 1.55. The van der Waals surface area contributed by atoms with Crippen LogP contribution in [0.5, 0.6) is 0 Å². The molecule has 0 unspecified atom stereocenters. The van der Waals surface area contributed by atoms with Crippen LogP contribution in [0.3, 0.4) is 0 Å². The lowest BCUT2D eigenvalue weighted by atomic mass is 10.3. The fourth-order valence-corrected chi connectivity index (χ4v) is 1.91. The molecular formula is C11H9Cl2N3O. The minimum absolute atomic E-state index is 0.254. The predicted molar refractivity (Wildman–Crippen MR) is 69.4 cm³/mol. The van der Waals surface area contributed by atoms with Crippen molar-refractivity contribution in [2.75, 3.05) is 12.4 Å². The third-order valence-corrected chi connectivity index (χ3v) is 2.62. The lowest BCUT2D eigenvalue weighted by Crippen LogP contribution is -2.20. The Hall–Kier alpha value is -1.52. The number of hydrogen-bond acceptors (Lipinski definition) is 3. The third kappa shape index (κ3) is 2.60. The van der Waals surface area contributed by atoms with Gasteiger partial charge in [-0.3, -0.25) is 4.79 Å². The van der Waals surface area contributed by atoms with E-state index in [2.05, 4.69) is 10.4 Å². The number of nitrogens with zero attached hydrogens (tertiary/aromatic N) is 2. The average Bonchev–Trinajstić information content (AvgIpc) is 2.27. The second-order valence-corrected chi connectivity index (χ2v) is 4.24. The Labute approximate surface area is 108 Å². The van der Waals surface area contributed by atoms with Gasteiger partial charge in [-0.2, -0.15) is 9.78 Å². The second-order valence-electron chi connectivity index (χ2n) is 3.37. The molecule has 2 aromatic rings. The zero-order chi connectivity index (χ0) is 12.4. The third-order valence-electron chi connectivity index (χ3n) is 2.18. The Morgan fingerprint density at radius 2 is 1.82 bits per heavy atom. The molecular weight excluding hydrogens is 261 g/mol. The summed E-state index contributed by atoms with van der Waals surface area (Å²) in [6, 6.07) is 6.29. The first-order valence-corrected chi connectivity index (χ1v) is 5.59. The van der Waals surface area contributed by atoms with Crippen molar-refractivity contribution < 1.29 is 0 Å². The number of benzene rings is 1. The summed E-state index contributed by atoms with van der Waals surface area (Å²) in [5.74, 6) is 0. The molecule has 1 aromatic heterocycles. The maximum absolute atomic E-state index is 11.8. The lowest BCUT2D eigenvalue weighted by Gasteiger charge is -2.06. The Bertz CT molecular complexity index is 590. The minimum atomic E-state index is -0.254. The molecule has 0 radical (unpaired) electrons. The van der Waals surface area contributed by atoms with Crippen molar-refractivity contribution >= 4 is 28.9 Å². The average molecular weight is 270 g/mol. The Balaban J connectivity index is 2.57. The van der Waals surface area contributed by atoms with Gasteiger partial charge in [-0.25, -0.2) is 0 Å². The summed E-state index contributed by atoms with van der Waals surface area (Å²) in [4.78, 5) is 11.8. The van der Waals surface area contributed by atoms with Crippen molar-refractivity contribution in [1.82, 2.24) is 9.78 Å². The van der Waals surface area contributed by atoms with E-state index >= 15 is 0 Å². The van der Waals surface area contributed by atoms with Gasteiger partial charge < -0.3 is 5.32 Å². The highest BCUT2D eigenvalue weighted by Crippen LogP contribution is 2.20. The van der Waals surface area contributed by atoms with Crippen molar-refractivity contribution in [3.63, 3.8) is 0 Å². The molecule has 1 heterocycles. The topological polar surface area (TPSA) is 46.9 Å². The maximum atomic E-state index is 11.8. The first-order valence-electron chi connectivity index (χ1n) is 4.84. The lowest BCUT2D eigenvalue weighted by molar-refractivity contribution is 0.808. The van der Waals surface area contributed by atoms with Crippen molar-refractivity contribution in [3.05, 3.63) is 50.9 Å². The van der Waals surface area contributed by atoms with Crippen molar-refractivity contribution in [2.24, 2.45) is 0 Å². The number of hydrogen-bond donors (Lipinski definition) is 1. The van der Waals surface area contributed by atoms with Crippen LogP contribution in [0.2, 0.25) is 10.0 Å². The van der Waals surface area contributed by atoms with E-state index < -0.39 is 0 Å². The number of anilines is 1. The largest absolute Gasteiger partial charge is 0.387 e. The molecule has 0 saturated carbocycles. The Morgan fingerprint density at radius 1 is 1.18 bits per heavy atom. The maximum Gasteiger partial charge on any atom is 0.273 e. The molecule has 0 amide bonds. The fraction of sp³-hybridized carbons (Fsp3) is 0.0909. The SMILES string of the molecule is CNc1cnn(-c2cc(Cl)cc(Cl)c2)c(=O)c1. The van der Waals surface area contributed by atoms with Crippen LogP contribution in [0.15, 0.2) is 35.3 Å². The summed E-state index contributed by atoms with van der Waals surface area (Å²) in [6.45, 7) is 0. The van der Waals surface area contributed by atoms with Crippen LogP contribution in [0.1, 0.15) is 0 Å². The van der Waals surface area contributed by atoms with Crippen LogP contribution < -0.4 is 10.9 Å². The zero-order valence-corrected chi connectivity index (χ0v) is 10.5. The molecule has 0 bridgehead atoms. The number of aromatic nitrogens is 2. The summed E-state index contributed by atoms with van der Waals surface area (Å²) in [5.41, 5.74) is 0.935. The summed E-state index contributed by atoms with van der Waals surface area (Å²) in [7, 11) is 1.72. The van der Waals surface area contributed by atoms with Crippen molar-refractivity contribution in [3.8, 4) is 5.69 Å². The van der Waals surface area contributed by atoms with Crippen LogP contribution in [0, 0.1) is 0 Å². The molecule has 1 N–H and O–H groups in total. The van der Waals surface area contributed by atoms with Gasteiger partial charge in [-0.05, 0) is 18.2 Å². The van der Waals surface area contributed by atoms with Crippen LogP contribution in [0.25, 0.3) is 5.69 Å². The van der Waals surface area contributed by atoms with E-state index in [9.17, 15) is 4.79 Å². The zero-order valence-electron chi connectivity index (χ0n) is 8.95. The number of rotatable bonds is 2. The van der Waals surface area contributed by atoms with Gasteiger partial charge >= 0.3 is 0 Å². The van der Waals surface area contributed by atoms with Gasteiger partial charge in [-0.1, -0.05) is 23.2 Å². The monoisotopic (exact) mass is 269 g/mol. The highest BCUT2D eigenvalue weighted by molar-refractivity contribution is 6.34. The standard InChI is InChI=1S/C11H9Cl2N3O/c1-14-9-5-11(17)16(15-6-9)10-3-7(12)2-8(13)4-10/h2-6,14H,1H3. The molecule has 0 saturated heterocycles. The normalized spacial score (nSPS) is 10.3. The minimum Gasteiger partial charge on any atom is -0.387 e. The van der Waals surface area contributed by atoms with Crippen molar-refractivity contribution in [2.45, 2.75) is 0 Å². The predicted octanol–water partition coefficient (Wildman–Crippen LogP) is 2.58. The van der Waals surface area contributed by atoms with E-state index in [4.69, 9.17) is 23.2 Å². The highest BCUT2D eigenvalue weighted by atomic mass is 35.5. The molecule has 0 fully saturated rings. The van der Waals surface area contributed by atoms with E-state index in [-0.39, 0.29) is 5.56 Å². The molecule has 0 aliphatic rings. The number of nitrogens with one attached hydrogen (secondary N) is 1. The molecule has 2 rings (SSSR count). The molecule has 4 nitrogen and oxygen atoms in total. The van der Waals surface area contributed by atoms with E-state index in [1.165, 1.54) is 10.7 Å². The Morgan fingerprint density at radius 3 is 2.35 bits per heavy atom. The molecule has 0 spiro atoms. The smallest absolute Gasteiger partial charge is 0.273 e.